The summed E-state index contributed by atoms with van der Waals surface area (Å²) in [4.78, 5) is 24.7. The molecule has 150 valence electrons. The Morgan fingerprint density at radius 1 is 0.964 bits per heavy atom. The van der Waals surface area contributed by atoms with Crippen molar-refractivity contribution in [2.24, 2.45) is 0 Å². The van der Waals surface area contributed by atoms with Crippen LogP contribution in [0.2, 0.25) is 0 Å². The number of methoxy groups -OCH3 is 1. The molecule has 0 aliphatic heterocycles. The molecular weight excluding hydrogens is 360 g/mol. The molecule has 28 heavy (non-hydrogen) atoms. The molecular formula is C21H26N2O5. The van der Waals surface area contributed by atoms with Crippen LogP contribution in [-0.4, -0.2) is 29.9 Å². The summed E-state index contributed by atoms with van der Waals surface area (Å²) in [5.41, 5.74) is 3.39. The molecule has 2 aromatic rings. The number of carbonyl (C=O) groups excluding carboxylic acids is 2. The molecule has 0 radical (unpaired) electrons. The molecule has 2 amide bonds. The van der Waals surface area contributed by atoms with Gasteiger partial charge in [-0.05, 0) is 44.0 Å². The fourth-order valence-electron chi connectivity index (χ4n) is 2.27. The predicted octanol–water partition coefficient (Wildman–Crippen LogP) is 4.27. The Morgan fingerprint density at radius 3 is 2.18 bits per heavy atom. The maximum Gasteiger partial charge on any atom is 0.429 e. The van der Waals surface area contributed by atoms with Crippen LogP contribution in [0, 0.1) is 0 Å². The SMILES string of the molecule is COc1ccc(CN(NC(=O)OC(C)(C)C)C(=O)OCc2ccccc2)cc1. The van der Waals surface area contributed by atoms with Gasteiger partial charge in [0.25, 0.3) is 0 Å². The van der Waals surface area contributed by atoms with Crippen molar-refractivity contribution >= 4 is 12.2 Å². The summed E-state index contributed by atoms with van der Waals surface area (Å²) in [6.45, 7) is 5.43. The second kappa shape index (κ2) is 9.64. The monoisotopic (exact) mass is 386 g/mol. The highest BCUT2D eigenvalue weighted by Crippen LogP contribution is 2.14. The van der Waals surface area contributed by atoms with E-state index in [1.807, 2.05) is 30.3 Å². The van der Waals surface area contributed by atoms with Gasteiger partial charge in [0.15, 0.2) is 0 Å². The van der Waals surface area contributed by atoms with Crippen molar-refractivity contribution in [3.05, 3.63) is 65.7 Å². The molecule has 1 N–H and O–H groups in total. The Morgan fingerprint density at radius 2 is 1.61 bits per heavy atom. The minimum Gasteiger partial charge on any atom is -0.497 e. The van der Waals surface area contributed by atoms with E-state index in [0.29, 0.717) is 5.75 Å². The Hall–Kier alpha value is -3.22. The summed E-state index contributed by atoms with van der Waals surface area (Å²) >= 11 is 0. The van der Waals surface area contributed by atoms with Crippen LogP contribution in [0.5, 0.6) is 5.75 Å². The van der Waals surface area contributed by atoms with Crippen LogP contribution in [0.15, 0.2) is 54.6 Å². The molecule has 0 unspecified atom stereocenters. The lowest BCUT2D eigenvalue weighted by atomic mass is 10.2. The topological polar surface area (TPSA) is 77.1 Å². The third-order valence-corrected chi connectivity index (χ3v) is 3.55. The van der Waals surface area contributed by atoms with E-state index in [1.165, 1.54) is 0 Å². The quantitative estimate of drug-likeness (QED) is 0.777. The number of benzene rings is 2. The van der Waals surface area contributed by atoms with Crippen molar-refractivity contribution in [3.8, 4) is 5.75 Å². The van der Waals surface area contributed by atoms with Gasteiger partial charge in [-0.3, -0.25) is 0 Å². The lowest BCUT2D eigenvalue weighted by Gasteiger charge is -2.25. The summed E-state index contributed by atoms with van der Waals surface area (Å²) in [6, 6.07) is 16.4. The number of nitrogens with one attached hydrogen (secondary N) is 1. The standard InChI is InChI=1S/C21H26N2O5/c1-21(2,3)28-19(24)22-23(14-16-10-12-18(26-4)13-11-16)20(25)27-15-17-8-6-5-7-9-17/h5-13H,14-15H2,1-4H3,(H,22,24). The van der Waals surface area contributed by atoms with Crippen molar-refractivity contribution in [3.63, 3.8) is 0 Å². The molecule has 0 saturated carbocycles. The van der Waals surface area contributed by atoms with Gasteiger partial charge in [-0.2, -0.15) is 0 Å². The number of carbonyl (C=O) groups is 2. The summed E-state index contributed by atoms with van der Waals surface area (Å²) in [6.07, 6.45) is -1.43. The molecule has 0 fully saturated rings. The van der Waals surface area contributed by atoms with Crippen LogP contribution in [0.25, 0.3) is 0 Å². The number of nitrogens with zero attached hydrogens (tertiary/aromatic N) is 1. The molecule has 0 saturated heterocycles. The lowest BCUT2D eigenvalue weighted by Crippen LogP contribution is -2.47. The largest absolute Gasteiger partial charge is 0.497 e. The minimum absolute atomic E-state index is 0.0920. The molecule has 7 nitrogen and oxygen atoms in total. The van der Waals surface area contributed by atoms with Crippen LogP contribution in [0.3, 0.4) is 0 Å². The fraction of sp³-hybridized carbons (Fsp3) is 0.333. The third-order valence-electron chi connectivity index (χ3n) is 3.55. The molecule has 2 rings (SSSR count). The molecule has 0 spiro atoms. The number of rotatable bonds is 5. The zero-order chi connectivity index (χ0) is 20.6. The van der Waals surface area contributed by atoms with E-state index >= 15 is 0 Å². The third kappa shape index (κ3) is 7.19. The number of amides is 2. The van der Waals surface area contributed by atoms with Gasteiger partial charge in [0.1, 0.15) is 18.0 Å². The van der Waals surface area contributed by atoms with Crippen LogP contribution in [0.1, 0.15) is 31.9 Å². The summed E-state index contributed by atoms with van der Waals surface area (Å²) in [5.74, 6) is 0.696. The van der Waals surface area contributed by atoms with E-state index in [4.69, 9.17) is 14.2 Å². The van der Waals surface area contributed by atoms with E-state index in [2.05, 4.69) is 5.43 Å². The van der Waals surface area contributed by atoms with E-state index in [1.54, 1.807) is 52.1 Å². The van der Waals surface area contributed by atoms with Gasteiger partial charge in [0.2, 0.25) is 0 Å². The van der Waals surface area contributed by atoms with Crippen molar-refractivity contribution in [2.75, 3.05) is 7.11 Å². The van der Waals surface area contributed by atoms with Gasteiger partial charge in [-0.1, -0.05) is 42.5 Å². The first-order valence-corrected chi connectivity index (χ1v) is 8.87. The second-order valence-electron chi connectivity index (χ2n) is 7.09. The van der Waals surface area contributed by atoms with E-state index in [-0.39, 0.29) is 13.2 Å². The highest BCUT2D eigenvalue weighted by molar-refractivity contribution is 5.74. The lowest BCUT2D eigenvalue weighted by molar-refractivity contribution is 0.0253. The van der Waals surface area contributed by atoms with Crippen LogP contribution >= 0.6 is 0 Å². The first-order chi connectivity index (χ1) is 13.3. The van der Waals surface area contributed by atoms with Crippen molar-refractivity contribution in [1.29, 1.82) is 0 Å². The van der Waals surface area contributed by atoms with Gasteiger partial charge < -0.3 is 14.2 Å². The number of hydrogen-bond donors (Lipinski definition) is 1. The molecule has 2 aromatic carbocycles. The van der Waals surface area contributed by atoms with Gasteiger partial charge in [0.05, 0.1) is 13.7 Å². The highest BCUT2D eigenvalue weighted by Gasteiger charge is 2.22. The Labute approximate surface area is 165 Å². The second-order valence-corrected chi connectivity index (χ2v) is 7.09. The molecule has 0 bridgehead atoms. The Bertz CT molecular complexity index is 770. The summed E-state index contributed by atoms with van der Waals surface area (Å²) in [7, 11) is 1.58. The van der Waals surface area contributed by atoms with Crippen molar-refractivity contribution in [1.82, 2.24) is 10.4 Å². The van der Waals surface area contributed by atoms with E-state index < -0.39 is 17.8 Å². The minimum atomic E-state index is -0.738. The molecule has 0 aliphatic rings. The predicted molar refractivity (Wildman–Crippen MR) is 105 cm³/mol. The molecule has 0 aromatic heterocycles. The van der Waals surface area contributed by atoms with Crippen LogP contribution in [-0.2, 0) is 22.6 Å². The zero-order valence-electron chi connectivity index (χ0n) is 16.6. The fourth-order valence-corrected chi connectivity index (χ4v) is 2.27. The zero-order valence-corrected chi connectivity index (χ0v) is 16.6. The smallest absolute Gasteiger partial charge is 0.429 e. The average molecular weight is 386 g/mol. The van der Waals surface area contributed by atoms with Crippen molar-refractivity contribution < 1.29 is 23.8 Å². The Kier molecular flexibility index (Phi) is 7.26. The maximum atomic E-state index is 12.6. The van der Waals surface area contributed by atoms with Gasteiger partial charge in [-0.25, -0.2) is 20.0 Å². The maximum absolute atomic E-state index is 12.6. The first kappa shape index (κ1) is 21.1. The number of hydrazine groups is 1. The average Bonchev–Trinajstić information content (AvgIpc) is 2.65. The summed E-state index contributed by atoms with van der Waals surface area (Å²) < 4.78 is 15.7. The van der Waals surface area contributed by atoms with Gasteiger partial charge in [-0.15, -0.1) is 0 Å². The normalized spacial score (nSPS) is 10.7. The molecule has 0 heterocycles. The van der Waals surface area contributed by atoms with Gasteiger partial charge in [0, 0.05) is 0 Å². The van der Waals surface area contributed by atoms with E-state index in [9.17, 15) is 9.59 Å². The summed E-state index contributed by atoms with van der Waals surface area (Å²) in [5, 5.41) is 1.08. The molecule has 7 heteroatoms. The molecule has 0 aliphatic carbocycles. The Balaban J connectivity index is 2.07. The number of hydrogen-bond acceptors (Lipinski definition) is 5. The van der Waals surface area contributed by atoms with Crippen molar-refractivity contribution in [2.45, 2.75) is 39.5 Å². The number of ether oxygens (including phenoxy) is 3. The molecule has 0 atom stereocenters. The van der Waals surface area contributed by atoms with Gasteiger partial charge >= 0.3 is 12.2 Å². The van der Waals surface area contributed by atoms with Crippen LogP contribution in [0.4, 0.5) is 9.59 Å². The highest BCUT2D eigenvalue weighted by atomic mass is 16.6. The van der Waals surface area contributed by atoms with E-state index in [0.717, 1.165) is 16.1 Å². The first-order valence-electron chi connectivity index (χ1n) is 8.87. The van der Waals surface area contributed by atoms with Crippen LogP contribution < -0.4 is 10.2 Å².